The van der Waals surface area contributed by atoms with E-state index in [1.807, 2.05) is 13.8 Å². The van der Waals surface area contributed by atoms with Crippen LogP contribution >= 0.6 is 0 Å². The summed E-state index contributed by atoms with van der Waals surface area (Å²) in [7, 11) is 0. The summed E-state index contributed by atoms with van der Waals surface area (Å²) in [5.41, 5.74) is 2.22. The molecular weight excluding hydrogens is 350 g/mol. The lowest BCUT2D eigenvalue weighted by molar-refractivity contribution is 0.0673. The highest BCUT2D eigenvalue weighted by atomic mass is 19.2. The number of aryl methyl sites for hydroxylation is 2. The van der Waals surface area contributed by atoms with Gasteiger partial charge in [-0.15, -0.1) is 0 Å². The molecule has 0 aromatic carbocycles. The average molecular weight is 376 g/mol. The maximum atomic E-state index is 14.3. The standard InChI is InChI=1S/C20H26F2N4O/c1-12-13(2)24-19-17(23-12)16(14-3-7-20(22,11-21)8-4-14)25-18(26-19)15-5-9-27-10-6-15/h14-15H,3-11H2,1-2H3. The van der Waals surface area contributed by atoms with Crippen molar-refractivity contribution >= 4 is 11.2 Å². The Balaban J connectivity index is 1.76. The van der Waals surface area contributed by atoms with Crippen molar-refractivity contribution in [2.75, 3.05) is 19.9 Å². The molecule has 0 radical (unpaired) electrons. The van der Waals surface area contributed by atoms with E-state index in [1.54, 1.807) is 0 Å². The van der Waals surface area contributed by atoms with E-state index in [0.717, 1.165) is 35.7 Å². The number of ether oxygens (including phenoxy) is 1. The van der Waals surface area contributed by atoms with Gasteiger partial charge < -0.3 is 4.74 Å². The minimum absolute atomic E-state index is 0.0703. The summed E-state index contributed by atoms with van der Waals surface area (Å²) in [6.07, 6.45) is 3.39. The van der Waals surface area contributed by atoms with E-state index in [-0.39, 0.29) is 24.7 Å². The molecule has 0 bridgehead atoms. The third-order valence-electron chi connectivity index (χ3n) is 6.08. The summed E-state index contributed by atoms with van der Waals surface area (Å²) >= 11 is 0. The van der Waals surface area contributed by atoms with Gasteiger partial charge in [0.05, 0.1) is 17.1 Å². The highest BCUT2D eigenvalue weighted by molar-refractivity contribution is 5.73. The molecule has 1 saturated carbocycles. The molecule has 2 fully saturated rings. The van der Waals surface area contributed by atoms with Crippen LogP contribution < -0.4 is 0 Å². The van der Waals surface area contributed by atoms with Crippen LogP contribution in [0.5, 0.6) is 0 Å². The first-order chi connectivity index (χ1) is 13.0. The second kappa shape index (κ2) is 7.34. The van der Waals surface area contributed by atoms with E-state index >= 15 is 0 Å². The molecule has 0 N–H and O–H groups in total. The Bertz CT molecular complexity index is 830. The van der Waals surface area contributed by atoms with Gasteiger partial charge in [0.1, 0.15) is 23.7 Å². The molecule has 146 valence electrons. The van der Waals surface area contributed by atoms with Crippen LogP contribution in [0.2, 0.25) is 0 Å². The number of nitrogens with zero attached hydrogens (tertiary/aromatic N) is 4. The number of hydrogen-bond acceptors (Lipinski definition) is 5. The molecule has 1 aliphatic heterocycles. The van der Waals surface area contributed by atoms with Gasteiger partial charge in [0, 0.05) is 25.0 Å². The largest absolute Gasteiger partial charge is 0.381 e. The molecule has 2 aromatic rings. The number of hydrogen-bond donors (Lipinski definition) is 0. The van der Waals surface area contributed by atoms with Crippen LogP contribution in [-0.2, 0) is 4.74 Å². The summed E-state index contributed by atoms with van der Waals surface area (Å²) in [6.45, 7) is 4.37. The van der Waals surface area contributed by atoms with Crippen molar-refractivity contribution in [1.82, 2.24) is 19.9 Å². The number of halogens is 2. The first-order valence-corrected chi connectivity index (χ1v) is 9.84. The van der Waals surface area contributed by atoms with Crippen molar-refractivity contribution < 1.29 is 13.5 Å². The summed E-state index contributed by atoms with van der Waals surface area (Å²) in [4.78, 5) is 19.0. The second-order valence-corrected chi connectivity index (χ2v) is 7.98. The third kappa shape index (κ3) is 3.66. The number of fused-ring (bicyclic) bond motifs is 1. The Morgan fingerprint density at radius 1 is 0.926 bits per heavy atom. The van der Waals surface area contributed by atoms with Crippen LogP contribution in [0, 0.1) is 13.8 Å². The third-order valence-corrected chi connectivity index (χ3v) is 6.08. The Morgan fingerprint density at radius 2 is 1.59 bits per heavy atom. The van der Waals surface area contributed by atoms with Crippen LogP contribution in [0.25, 0.3) is 11.2 Å². The summed E-state index contributed by atoms with van der Waals surface area (Å²) in [5.74, 6) is 1.11. The summed E-state index contributed by atoms with van der Waals surface area (Å²) < 4.78 is 32.8. The fourth-order valence-corrected chi connectivity index (χ4v) is 4.12. The van der Waals surface area contributed by atoms with E-state index in [1.165, 1.54) is 0 Å². The molecule has 4 rings (SSSR count). The number of rotatable bonds is 3. The topological polar surface area (TPSA) is 60.8 Å². The fraction of sp³-hybridized carbons (Fsp3) is 0.700. The molecule has 0 atom stereocenters. The molecule has 3 heterocycles. The lowest BCUT2D eigenvalue weighted by atomic mass is 9.79. The Hall–Kier alpha value is -1.76. The van der Waals surface area contributed by atoms with Crippen molar-refractivity contribution in [1.29, 1.82) is 0 Å². The summed E-state index contributed by atoms with van der Waals surface area (Å²) in [5, 5.41) is 0. The van der Waals surface area contributed by atoms with Gasteiger partial charge in [0.2, 0.25) is 0 Å². The molecular formula is C20H26F2N4O. The number of alkyl halides is 2. The lowest BCUT2D eigenvalue weighted by Crippen LogP contribution is -2.31. The van der Waals surface area contributed by atoms with Crippen LogP contribution in [0.3, 0.4) is 0 Å². The normalized spacial score (nSPS) is 27.2. The predicted octanol–water partition coefficient (Wildman–Crippen LogP) is 4.27. The predicted molar refractivity (Wildman–Crippen MR) is 98.4 cm³/mol. The quantitative estimate of drug-likeness (QED) is 0.801. The van der Waals surface area contributed by atoms with E-state index in [4.69, 9.17) is 19.7 Å². The minimum atomic E-state index is -1.68. The maximum absolute atomic E-state index is 14.3. The van der Waals surface area contributed by atoms with Gasteiger partial charge in [-0.05, 0) is 52.4 Å². The van der Waals surface area contributed by atoms with E-state index in [0.29, 0.717) is 37.2 Å². The van der Waals surface area contributed by atoms with Gasteiger partial charge >= 0.3 is 0 Å². The van der Waals surface area contributed by atoms with Crippen LogP contribution in [0.4, 0.5) is 8.78 Å². The Morgan fingerprint density at radius 3 is 2.26 bits per heavy atom. The molecule has 1 aliphatic carbocycles. The Kier molecular flexibility index (Phi) is 5.05. The molecule has 1 saturated heterocycles. The van der Waals surface area contributed by atoms with E-state index < -0.39 is 12.3 Å². The summed E-state index contributed by atoms with van der Waals surface area (Å²) in [6, 6.07) is 0. The minimum Gasteiger partial charge on any atom is -0.381 e. The molecule has 0 unspecified atom stereocenters. The van der Waals surface area contributed by atoms with E-state index in [9.17, 15) is 8.78 Å². The zero-order chi connectivity index (χ0) is 19.0. The molecule has 27 heavy (non-hydrogen) atoms. The van der Waals surface area contributed by atoms with Crippen LogP contribution in [0.15, 0.2) is 0 Å². The van der Waals surface area contributed by atoms with Crippen molar-refractivity contribution in [3.63, 3.8) is 0 Å². The monoisotopic (exact) mass is 376 g/mol. The van der Waals surface area contributed by atoms with Gasteiger partial charge in [-0.25, -0.2) is 28.7 Å². The van der Waals surface area contributed by atoms with Gasteiger partial charge in [-0.1, -0.05) is 0 Å². The SMILES string of the molecule is Cc1nc2nc(C3CCOCC3)nc(C3CCC(F)(CF)CC3)c2nc1C. The van der Waals surface area contributed by atoms with Crippen molar-refractivity contribution in [3.8, 4) is 0 Å². The smallest absolute Gasteiger partial charge is 0.182 e. The van der Waals surface area contributed by atoms with Crippen molar-refractivity contribution in [2.24, 2.45) is 0 Å². The van der Waals surface area contributed by atoms with Crippen molar-refractivity contribution in [3.05, 3.63) is 22.9 Å². The van der Waals surface area contributed by atoms with Crippen LogP contribution in [-0.4, -0.2) is 45.5 Å². The molecule has 2 aliphatic rings. The zero-order valence-electron chi connectivity index (χ0n) is 16.0. The number of aromatic nitrogens is 4. The Labute approximate surface area is 158 Å². The van der Waals surface area contributed by atoms with Gasteiger partial charge in [0.25, 0.3) is 0 Å². The van der Waals surface area contributed by atoms with Crippen molar-refractivity contribution in [2.45, 2.75) is 69.9 Å². The fourth-order valence-electron chi connectivity index (χ4n) is 4.12. The van der Waals surface area contributed by atoms with Gasteiger partial charge in [-0.3, -0.25) is 0 Å². The first kappa shape index (κ1) is 18.6. The highest BCUT2D eigenvalue weighted by Crippen LogP contribution is 2.41. The van der Waals surface area contributed by atoms with Gasteiger partial charge in [0.15, 0.2) is 5.65 Å². The second-order valence-electron chi connectivity index (χ2n) is 7.98. The molecule has 0 amide bonds. The first-order valence-electron chi connectivity index (χ1n) is 9.84. The zero-order valence-corrected chi connectivity index (χ0v) is 16.0. The average Bonchev–Trinajstić information content (AvgIpc) is 2.70. The molecule has 7 heteroatoms. The van der Waals surface area contributed by atoms with Gasteiger partial charge in [-0.2, -0.15) is 0 Å². The molecule has 0 spiro atoms. The molecule has 5 nitrogen and oxygen atoms in total. The van der Waals surface area contributed by atoms with Crippen LogP contribution in [0.1, 0.15) is 73.3 Å². The highest BCUT2D eigenvalue weighted by Gasteiger charge is 2.37. The van der Waals surface area contributed by atoms with E-state index in [2.05, 4.69) is 4.98 Å². The maximum Gasteiger partial charge on any atom is 0.182 e. The molecule has 2 aromatic heterocycles. The lowest BCUT2D eigenvalue weighted by Gasteiger charge is -2.32.